The van der Waals surface area contributed by atoms with Gasteiger partial charge in [0, 0.05) is 30.1 Å². The Balaban J connectivity index is 1.56. The van der Waals surface area contributed by atoms with Crippen LogP contribution in [0, 0.1) is 0 Å². The molecule has 2 amide bonds. The lowest BCUT2D eigenvalue weighted by Gasteiger charge is -2.35. The molecule has 4 rings (SSSR count). The van der Waals surface area contributed by atoms with Gasteiger partial charge in [-0.2, -0.15) is 13.2 Å². The Labute approximate surface area is 182 Å². The Kier molecular flexibility index (Phi) is 5.95. The van der Waals surface area contributed by atoms with Crippen LogP contribution in [0.1, 0.15) is 60.1 Å². The van der Waals surface area contributed by atoms with E-state index in [1.54, 1.807) is 0 Å². The third-order valence-corrected chi connectivity index (χ3v) is 7.12. The molecule has 2 fully saturated rings. The highest BCUT2D eigenvalue weighted by molar-refractivity contribution is 7.17. The Morgan fingerprint density at radius 3 is 2.48 bits per heavy atom. The van der Waals surface area contributed by atoms with Crippen LogP contribution >= 0.6 is 11.3 Å². The van der Waals surface area contributed by atoms with E-state index in [-0.39, 0.29) is 33.6 Å². The SMILES string of the molecule is CNC(=O)c1csc2c(C(F)(F)F)cc(C3CCN(C(C)C(=O)NC4CC4)CC3)nc12. The molecule has 0 radical (unpaired) electrons. The minimum atomic E-state index is -4.53. The first kappa shape index (κ1) is 22.0. The molecule has 1 saturated carbocycles. The number of rotatable bonds is 5. The van der Waals surface area contributed by atoms with E-state index in [4.69, 9.17) is 0 Å². The van der Waals surface area contributed by atoms with Crippen molar-refractivity contribution in [3.8, 4) is 0 Å². The molecule has 2 aromatic heterocycles. The van der Waals surface area contributed by atoms with Crippen LogP contribution in [-0.2, 0) is 11.0 Å². The predicted molar refractivity (Wildman–Crippen MR) is 112 cm³/mol. The third-order valence-electron chi connectivity index (χ3n) is 6.12. The summed E-state index contributed by atoms with van der Waals surface area (Å²) in [6.45, 7) is 3.08. The maximum absolute atomic E-state index is 13.7. The number of amides is 2. The number of nitrogens with zero attached hydrogens (tertiary/aromatic N) is 2. The van der Waals surface area contributed by atoms with Crippen molar-refractivity contribution >= 4 is 33.4 Å². The molecule has 0 aromatic carbocycles. The van der Waals surface area contributed by atoms with Crippen molar-refractivity contribution in [2.75, 3.05) is 20.1 Å². The molecule has 31 heavy (non-hydrogen) atoms. The van der Waals surface area contributed by atoms with Gasteiger partial charge in [0.05, 0.1) is 27.4 Å². The summed E-state index contributed by atoms with van der Waals surface area (Å²) >= 11 is 0.888. The average Bonchev–Trinajstić information content (AvgIpc) is 3.46. The molecule has 1 unspecified atom stereocenters. The molecule has 2 N–H and O–H groups in total. The van der Waals surface area contributed by atoms with Crippen molar-refractivity contribution in [1.29, 1.82) is 0 Å². The smallest absolute Gasteiger partial charge is 0.355 e. The van der Waals surface area contributed by atoms with Gasteiger partial charge in [-0.3, -0.25) is 19.5 Å². The fourth-order valence-corrected chi connectivity index (χ4v) is 5.07. The van der Waals surface area contributed by atoms with Crippen LogP contribution in [0.4, 0.5) is 13.2 Å². The van der Waals surface area contributed by atoms with Crippen LogP contribution < -0.4 is 10.6 Å². The Morgan fingerprint density at radius 1 is 1.23 bits per heavy atom. The Bertz CT molecular complexity index is 994. The minimum absolute atomic E-state index is 0.00773. The number of thiophene rings is 1. The zero-order valence-electron chi connectivity index (χ0n) is 17.4. The number of alkyl halides is 3. The summed E-state index contributed by atoms with van der Waals surface area (Å²) in [5.41, 5.74) is -0.114. The van der Waals surface area contributed by atoms with E-state index in [9.17, 15) is 22.8 Å². The third kappa shape index (κ3) is 4.55. The molecule has 1 saturated heterocycles. The molecular formula is C21H25F3N4O2S. The number of carbonyl (C=O) groups excluding carboxylic acids is 2. The number of fused-ring (bicyclic) bond motifs is 1. The second kappa shape index (κ2) is 8.38. The number of halogens is 3. The van der Waals surface area contributed by atoms with Crippen molar-refractivity contribution < 1.29 is 22.8 Å². The summed E-state index contributed by atoms with van der Waals surface area (Å²) in [4.78, 5) is 31.0. The first-order chi connectivity index (χ1) is 14.7. The molecule has 1 aliphatic heterocycles. The molecule has 0 bridgehead atoms. The van der Waals surface area contributed by atoms with E-state index in [1.165, 1.54) is 12.4 Å². The van der Waals surface area contributed by atoms with Crippen LogP contribution in [-0.4, -0.2) is 53.9 Å². The number of hydrogen-bond donors (Lipinski definition) is 2. The summed E-state index contributed by atoms with van der Waals surface area (Å²) in [7, 11) is 1.44. The highest BCUT2D eigenvalue weighted by Crippen LogP contribution is 2.41. The zero-order valence-corrected chi connectivity index (χ0v) is 18.2. The summed E-state index contributed by atoms with van der Waals surface area (Å²) in [6, 6.07) is 1.17. The molecule has 6 nitrogen and oxygen atoms in total. The largest absolute Gasteiger partial charge is 0.417 e. The number of piperidine rings is 1. The quantitative estimate of drug-likeness (QED) is 0.725. The van der Waals surface area contributed by atoms with Crippen LogP contribution in [0.5, 0.6) is 0 Å². The summed E-state index contributed by atoms with van der Waals surface area (Å²) in [6.07, 6.45) is -1.27. The minimum Gasteiger partial charge on any atom is -0.355 e. The summed E-state index contributed by atoms with van der Waals surface area (Å²) in [5, 5.41) is 6.90. The van der Waals surface area contributed by atoms with Gasteiger partial charge in [-0.25, -0.2) is 0 Å². The van der Waals surface area contributed by atoms with E-state index < -0.39 is 17.6 Å². The highest BCUT2D eigenvalue weighted by atomic mass is 32.1. The molecular weight excluding hydrogens is 429 g/mol. The number of nitrogens with one attached hydrogen (secondary N) is 2. The Morgan fingerprint density at radius 2 is 1.90 bits per heavy atom. The molecule has 168 valence electrons. The van der Waals surface area contributed by atoms with Gasteiger partial charge in [0.25, 0.3) is 5.91 Å². The Hall–Kier alpha value is -2.20. The normalized spacial score (nSPS) is 19.4. The zero-order chi connectivity index (χ0) is 22.3. The molecule has 1 aliphatic carbocycles. The van der Waals surface area contributed by atoms with Gasteiger partial charge in [-0.15, -0.1) is 11.3 Å². The van der Waals surface area contributed by atoms with Crippen LogP contribution in [0.25, 0.3) is 10.2 Å². The van der Waals surface area contributed by atoms with E-state index in [1.807, 2.05) is 6.92 Å². The second-order valence-electron chi connectivity index (χ2n) is 8.27. The van der Waals surface area contributed by atoms with Crippen molar-refractivity contribution in [2.24, 2.45) is 0 Å². The topological polar surface area (TPSA) is 74.3 Å². The number of hydrogen-bond acceptors (Lipinski definition) is 5. The second-order valence-corrected chi connectivity index (χ2v) is 9.15. The van der Waals surface area contributed by atoms with Crippen molar-refractivity contribution in [2.45, 2.75) is 56.8 Å². The lowest BCUT2D eigenvalue weighted by Crippen LogP contribution is -2.48. The maximum atomic E-state index is 13.7. The summed E-state index contributed by atoms with van der Waals surface area (Å²) < 4.78 is 41.2. The number of pyridine rings is 1. The molecule has 10 heteroatoms. The van der Waals surface area contributed by atoms with Gasteiger partial charge in [0.15, 0.2) is 0 Å². The van der Waals surface area contributed by atoms with E-state index in [0.29, 0.717) is 37.7 Å². The fourth-order valence-electron chi connectivity index (χ4n) is 4.04. The number of likely N-dealkylation sites (tertiary alicyclic amines) is 1. The predicted octanol–water partition coefficient (Wildman–Crippen LogP) is 3.52. The molecule has 0 spiro atoms. The van der Waals surface area contributed by atoms with Crippen LogP contribution in [0.3, 0.4) is 0 Å². The van der Waals surface area contributed by atoms with Crippen LogP contribution in [0.2, 0.25) is 0 Å². The van der Waals surface area contributed by atoms with E-state index >= 15 is 0 Å². The fraction of sp³-hybridized carbons (Fsp3) is 0.571. The van der Waals surface area contributed by atoms with Crippen molar-refractivity contribution in [3.05, 3.63) is 28.3 Å². The monoisotopic (exact) mass is 454 g/mol. The average molecular weight is 455 g/mol. The lowest BCUT2D eigenvalue weighted by molar-refractivity contribution is -0.136. The molecule has 3 heterocycles. The first-order valence-electron chi connectivity index (χ1n) is 10.4. The van der Waals surface area contributed by atoms with Crippen molar-refractivity contribution in [1.82, 2.24) is 20.5 Å². The molecule has 1 atom stereocenters. The molecule has 2 aliphatic rings. The lowest BCUT2D eigenvalue weighted by atomic mass is 9.91. The van der Waals surface area contributed by atoms with E-state index in [2.05, 4.69) is 20.5 Å². The summed E-state index contributed by atoms with van der Waals surface area (Å²) in [5.74, 6) is -0.597. The van der Waals surface area contributed by atoms with Crippen molar-refractivity contribution in [3.63, 3.8) is 0 Å². The van der Waals surface area contributed by atoms with Gasteiger partial charge >= 0.3 is 6.18 Å². The van der Waals surface area contributed by atoms with Gasteiger partial charge in [0.1, 0.15) is 0 Å². The number of aromatic nitrogens is 1. The number of carbonyl (C=O) groups is 2. The van der Waals surface area contributed by atoms with Gasteiger partial charge in [0.2, 0.25) is 5.91 Å². The van der Waals surface area contributed by atoms with Gasteiger partial charge < -0.3 is 10.6 Å². The standard InChI is InChI=1S/C21H25F3N4O2S/c1-11(19(29)26-13-3-4-13)28-7-5-12(6-8-28)16-9-15(21(22,23)24)18-17(27-16)14(10-31-18)20(30)25-2/h9-13H,3-8H2,1-2H3,(H,25,30)(H,26,29). The highest BCUT2D eigenvalue weighted by Gasteiger charge is 2.37. The molecule has 2 aromatic rings. The first-order valence-corrected chi connectivity index (χ1v) is 11.3. The van der Waals surface area contributed by atoms with E-state index in [0.717, 1.165) is 30.2 Å². The maximum Gasteiger partial charge on any atom is 0.417 e. The van der Waals surface area contributed by atoms with Gasteiger partial charge in [-0.05, 0) is 51.8 Å². The van der Waals surface area contributed by atoms with Crippen LogP contribution in [0.15, 0.2) is 11.4 Å². The van der Waals surface area contributed by atoms with Gasteiger partial charge in [-0.1, -0.05) is 0 Å².